The Morgan fingerprint density at radius 2 is 1.47 bits per heavy atom. The van der Waals surface area contributed by atoms with Gasteiger partial charge in [0.15, 0.2) is 0 Å². The van der Waals surface area contributed by atoms with Crippen molar-refractivity contribution in [1.82, 2.24) is 20.4 Å². The van der Waals surface area contributed by atoms with Crippen molar-refractivity contribution >= 4 is 12.1 Å². The van der Waals surface area contributed by atoms with Gasteiger partial charge in [-0.15, -0.1) is 0 Å². The highest BCUT2D eigenvalue weighted by molar-refractivity contribution is 5.74. The summed E-state index contributed by atoms with van der Waals surface area (Å²) in [5, 5.41) is 5.33. The molecule has 0 radical (unpaired) electrons. The van der Waals surface area contributed by atoms with Crippen LogP contribution in [0.1, 0.15) is 6.92 Å². The predicted molar refractivity (Wildman–Crippen MR) is 58.8 cm³/mol. The van der Waals surface area contributed by atoms with Gasteiger partial charge < -0.3 is 20.4 Å². The Bertz CT molecular complexity index is 218. The molecule has 0 fully saturated rings. The van der Waals surface area contributed by atoms with Crippen LogP contribution in [-0.2, 0) is 0 Å². The smallest absolute Gasteiger partial charge is 0.317 e. The van der Waals surface area contributed by atoms with Gasteiger partial charge in [0.25, 0.3) is 0 Å². The van der Waals surface area contributed by atoms with Gasteiger partial charge >= 0.3 is 12.1 Å². The van der Waals surface area contributed by atoms with Crippen LogP contribution >= 0.6 is 0 Å². The van der Waals surface area contributed by atoms with Crippen LogP contribution in [0.15, 0.2) is 0 Å². The van der Waals surface area contributed by atoms with Gasteiger partial charge in [-0.3, -0.25) is 0 Å². The third kappa shape index (κ3) is 5.77. The molecule has 6 nitrogen and oxygen atoms in total. The second-order valence-electron chi connectivity index (χ2n) is 3.37. The van der Waals surface area contributed by atoms with E-state index in [1.54, 1.807) is 26.0 Å². The van der Waals surface area contributed by atoms with Crippen molar-refractivity contribution in [3.63, 3.8) is 0 Å². The van der Waals surface area contributed by atoms with Gasteiger partial charge in [0.05, 0.1) is 0 Å². The normalized spacial score (nSPS) is 9.33. The lowest BCUT2D eigenvalue weighted by atomic mass is 10.6. The molecule has 0 saturated carbocycles. The van der Waals surface area contributed by atoms with Crippen molar-refractivity contribution < 1.29 is 9.59 Å². The minimum Gasteiger partial charge on any atom is -0.336 e. The number of hydrogen-bond donors (Lipinski definition) is 2. The molecule has 6 heteroatoms. The summed E-state index contributed by atoms with van der Waals surface area (Å²) in [6.45, 7) is 3.42. The standard InChI is InChI=1S/C9H20N4O2/c1-5-13(4)9(15)11-7-6-10-8(14)12(2)3/h5-7H2,1-4H3,(H,10,14)(H,11,15). The summed E-state index contributed by atoms with van der Waals surface area (Å²) in [4.78, 5) is 25.3. The highest BCUT2D eigenvalue weighted by atomic mass is 16.2. The maximum Gasteiger partial charge on any atom is 0.317 e. The Balaban J connectivity index is 3.55. The maximum atomic E-state index is 11.2. The molecule has 0 aromatic heterocycles. The Morgan fingerprint density at radius 1 is 1.00 bits per heavy atom. The number of urea groups is 2. The minimum atomic E-state index is -0.159. The summed E-state index contributed by atoms with van der Waals surface area (Å²) in [7, 11) is 5.05. The van der Waals surface area contributed by atoms with Crippen molar-refractivity contribution in [2.24, 2.45) is 0 Å². The second-order valence-corrected chi connectivity index (χ2v) is 3.37. The third-order valence-corrected chi connectivity index (χ3v) is 1.90. The van der Waals surface area contributed by atoms with Gasteiger partial charge in [-0.25, -0.2) is 9.59 Å². The van der Waals surface area contributed by atoms with Crippen LogP contribution in [0.3, 0.4) is 0 Å². The zero-order chi connectivity index (χ0) is 11.8. The van der Waals surface area contributed by atoms with Gasteiger partial charge in [-0.1, -0.05) is 0 Å². The summed E-state index contributed by atoms with van der Waals surface area (Å²) < 4.78 is 0. The van der Waals surface area contributed by atoms with E-state index in [-0.39, 0.29) is 12.1 Å². The van der Waals surface area contributed by atoms with Crippen LogP contribution in [0.4, 0.5) is 9.59 Å². The molecule has 0 aliphatic carbocycles. The van der Waals surface area contributed by atoms with Crippen LogP contribution in [-0.4, -0.2) is 62.6 Å². The fourth-order valence-electron chi connectivity index (χ4n) is 0.776. The molecule has 0 unspecified atom stereocenters. The van der Waals surface area contributed by atoms with E-state index < -0.39 is 0 Å². The summed E-state index contributed by atoms with van der Waals surface area (Å²) in [6, 6.07) is -0.287. The summed E-state index contributed by atoms with van der Waals surface area (Å²) in [5.41, 5.74) is 0. The minimum absolute atomic E-state index is 0.128. The first-order valence-corrected chi connectivity index (χ1v) is 4.93. The van der Waals surface area contributed by atoms with Crippen LogP contribution in [0.25, 0.3) is 0 Å². The largest absolute Gasteiger partial charge is 0.336 e. The molecular weight excluding hydrogens is 196 g/mol. The molecule has 0 aromatic carbocycles. The molecule has 0 atom stereocenters. The van der Waals surface area contributed by atoms with E-state index in [9.17, 15) is 9.59 Å². The first-order chi connectivity index (χ1) is 6.99. The first kappa shape index (κ1) is 13.5. The van der Waals surface area contributed by atoms with Gasteiger partial charge in [0, 0.05) is 40.8 Å². The summed E-state index contributed by atoms with van der Waals surface area (Å²) in [6.07, 6.45) is 0. The Hall–Kier alpha value is -1.46. The molecule has 88 valence electrons. The fraction of sp³-hybridized carbons (Fsp3) is 0.778. The van der Waals surface area contributed by atoms with E-state index in [0.717, 1.165) is 0 Å². The monoisotopic (exact) mass is 216 g/mol. The number of rotatable bonds is 4. The highest BCUT2D eigenvalue weighted by Gasteiger charge is 2.05. The second kappa shape index (κ2) is 6.92. The van der Waals surface area contributed by atoms with Crippen molar-refractivity contribution in [3.8, 4) is 0 Å². The molecule has 0 bridgehead atoms. The van der Waals surface area contributed by atoms with E-state index in [1.165, 1.54) is 4.90 Å². The zero-order valence-electron chi connectivity index (χ0n) is 9.83. The van der Waals surface area contributed by atoms with E-state index >= 15 is 0 Å². The van der Waals surface area contributed by atoms with E-state index in [1.807, 2.05) is 6.92 Å². The molecule has 0 aliphatic heterocycles. The average molecular weight is 216 g/mol. The van der Waals surface area contributed by atoms with Gasteiger partial charge in [0.1, 0.15) is 0 Å². The molecular formula is C9H20N4O2. The van der Waals surface area contributed by atoms with Gasteiger partial charge in [-0.2, -0.15) is 0 Å². The lowest BCUT2D eigenvalue weighted by Crippen LogP contribution is -2.43. The summed E-state index contributed by atoms with van der Waals surface area (Å²) in [5.74, 6) is 0. The third-order valence-electron chi connectivity index (χ3n) is 1.90. The van der Waals surface area contributed by atoms with Crippen molar-refractivity contribution in [2.45, 2.75) is 6.92 Å². The Kier molecular flexibility index (Phi) is 6.24. The number of nitrogens with one attached hydrogen (secondary N) is 2. The fourth-order valence-corrected chi connectivity index (χ4v) is 0.776. The van der Waals surface area contributed by atoms with Crippen molar-refractivity contribution in [2.75, 3.05) is 40.8 Å². The van der Waals surface area contributed by atoms with Crippen LogP contribution in [0.2, 0.25) is 0 Å². The number of nitrogens with zero attached hydrogens (tertiary/aromatic N) is 2. The van der Waals surface area contributed by atoms with Crippen LogP contribution in [0, 0.1) is 0 Å². The maximum absolute atomic E-state index is 11.2. The van der Waals surface area contributed by atoms with Gasteiger partial charge in [-0.05, 0) is 6.92 Å². The molecule has 2 N–H and O–H groups in total. The molecule has 0 spiro atoms. The number of carbonyl (C=O) groups is 2. The Morgan fingerprint density at radius 3 is 1.87 bits per heavy atom. The van der Waals surface area contributed by atoms with E-state index in [4.69, 9.17) is 0 Å². The molecule has 0 heterocycles. The molecule has 0 rings (SSSR count). The molecule has 15 heavy (non-hydrogen) atoms. The van der Waals surface area contributed by atoms with Crippen LogP contribution < -0.4 is 10.6 Å². The average Bonchev–Trinajstić information content (AvgIpc) is 2.22. The molecule has 0 saturated heterocycles. The van der Waals surface area contributed by atoms with Crippen molar-refractivity contribution in [3.05, 3.63) is 0 Å². The number of hydrogen-bond acceptors (Lipinski definition) is 2. The lowest BCUT2D eigenvalue weighted by molar-refractivity contribution is 0.208. The van der Waals surface area contributed by atoms with E-state index in [2.05, 4.69) is 10.6 Å². The quantitative estimate of drug-likeness (QED) is 0.645. The highest BCUT2D eigenvalue weighted by Crippen LogP contribution is 1.81. The topological polar surface area (TPSA) is 64.7 Å². The van der Waals surface area contributed by atoms with Gasteiger partial charge in [0.2, 0.25) is 0 Å². The SMILES string of the molecule is CCN(C)C(=O)NCCNC(=O)N(C)C. The molecule has 4 amide bonds. The number of carbonyl (C=O) groups excluding carboxylic acids is 2. The first-order valence-electron chi connectivity index (χ1n) is 4.93. The lowest BCUT2D eigenvalue weighted by Gasteiger charge is -2.16. The van der Waals surface area contributed by atoms with E-state index in [0.29, 0.717) is 19.6 Å². The van der Waals surface area contributed by atoms with Crippen LogP contribution in [0.5, 0.6) is 0 Å². The van der Waals surface area contributed by atoms with Crippen molar-refractivity contribution in [1.29, 1.82) is 0 Å². The number of amides is 4. The summed E-state index contributed by atoms with van der Waals surface area (Å²) >= 11 is 0. The molecule has 0 aromatic rings. The Labute approximate surface area is 90.6 Å². The molecule has 0 aliphatic rings. The predicted octanol–water partition coefficient (Wildman–Crippen LogP) is -0.0811. The zero-order valence-corrected chi connectivity index (χ0v) is 9.83.